The average Bonchev–Trinajstić information content (AvgIpc) is 3.42. The first-order valence-electron chi connectivity index (χ1n) is 19.6. The van der Waals surface area contributed by atoms with Gasteiger partial charge in [-0.3, -0.25) is 28.5 Å². The van der Waals surface area contributed by atoms with Crippen molar-refractivity contribution in [3.05, 3.63) is 48.9 Å². The molecule has 2 aliphatic heterocycles. The minimum Gasteiger partial charge on any atom is -0.474 e. The number of piperidine rings is 1. The highest BCUT2D eigenvalue weighted by Crippen LogP contribution is 2.49. The lowest BCUT2D eigenvalue weighted by Crippen LogP contribution is -2.59. The molecule has 0 unspecified atom stereocenters. The smallest absolute Gasteiger partial charge is 0.434 e. The molecule has 19 heteroatoms. The molecule has 4 fully saturated rings. The SMILES string of the molecule is C=C[C@@H]1C[C@]1(NC(=O)[C@@H]1C[C@@H](OC(=C)Nc2cc(C(F)(F)F)ccc2N2CCCCC2)CN1C(=O)[C@@H](NC(=O)OC1CCCC1)C(C)(C)C)C(=O)NP(=O)(OC)OC. The van der Waals surface area contributed by atoms with Gasteiger partial charge in [-0.2, -0.15) is 13.2 Å². The third-order valence-corrected chi connectivity index (χ3v) is 12.6. The maximum atomic E-state index is 14.6. The molecular weight excluding hydrogens is 784 g/mol. The number of carbonyl (C=O) groups is 4. The molecule has 58 heavy (non-hydrogen) atoms. The summed E-state index contributed by atoms with van der Waals surface area (Å²) in [6.45, 7) is 14.0. The van der Waals surface area contributed by atoms with E-state index in [1.807, 2.05) is 4.90 Å². The number of hydrogen-bond acceptors (Lipinski definition) is 11. The van der Waals surface area contributed by atoms with Crippen molar-refractivity contribution in [2.45, 2.75) is 115 Å². The number of rotatable bonds is 15. The minimum atomic E-state index is -4.61. The normalized spacial score (nSPS) is 24.4. The molecule has 5 rings (SSSR count). The van der Waals surface area contributed by atoms with E-state index < -0.39 is 78.4 Å². The maximum absolute atomic E-state index is 14.6. The van der Waals surface area contributed by atoms with Crippen molar-refractivity contribution in [2.24, 2.45) is 11.3 Å². The summed E-state index contributed by atoms with van der Waals surface area (Å²) in [5.74, 6) is -2.94. The van der Waals surface area contributed by atoms with Gasteiger partial charge in [-0.15, -0.1) is 6.58 Å². The molecule has 2 saturated heterocycles. The van der Waals surface area contributed by atoms with Gasteiger partial charge in [-0.05, 0) is 81.6 Å². The summed E-state index contributed by atoms with van der Waals surface area (Å²) in [7, 11) is -1.89. The van der Waals surface area contributed by atoms with Gasteiger partial charge in [0, 0.05) is 39.6 Å². The Kier molecular flexibility index (Phi) is 13.8. The van der Waals surface area contributed by atoms with Crippen LogP contribution in [0.1, 0.15) is 84.1 Å². The fourth-order valence-corrected chi connectivity index (χ4v) is 8.61. The van der Waals surface area contributed by atoms with Crippen LogP contribution in [0.5, 0.6) is 0 Å². The van der Waals surface area contributed by atoms with Crippen LogP contribution in [-0.4, -0.2) is 92.4 Å². The number of nitrogens with zero attached hydrogens (tertiary/aromatic N) is 2. The van der Waals surface area contributed by atoms with E-state index in [-0.39, 0.29) is 37.1 Å². The number of anilines is 2. The molecule has 0 bridgehead atoms. The van der Waals surface area contributed by atoms with E-state index in [4.69, 9.17) is 18.5 Å². The third-order valence-electron chi connectivity index (χ3n) is 11.2. The number of ether oxygens (including phenoxy) is 2. The number of hydrogen-bond donors (Lipinski definition) is 4. The maximum Gasteiger partial charge on any atom is 0.434 e. The van der Waals surface area contributed by atoms with Crippen molar-refractivity contribution in [1.82, 2.24) is 20.6 Å². The Bertz CT molecular complexity index is 1770. The number of carbonyl (C=O) groups excluding carboxylic acids is 4. The van der Waals surface area contributed by atoms with Crippen molar-refractivity contribution >= 4 is 42.9 Å². The summed E-state index contributed by atoms with van der Waals surface area (Å²) >= 11 is 0. The molecule has 2 aliphatic carbocycles. The van der Waals surface area contributed by atoms with E-state index in [9.17, 15) is 36.9 Å². The second-order valence-electron chi connectivity index (χ2n) is 16.4. The minimum absolute atomic E-state index is 0.0956. The number of halogens is 3. The van der Waals surface area contributed by atoms with Crippen LogP contribution in [0.15, 0.2) is 43.3 Å². The number of nitrogens with one attached hydrogen (secondary N) is 4. The largest absolute Gasteiger partial charge is 0.474 e. The van der Waals surface area contributed by atoms with Crippen molar-refractivity contribution < 1.29 is 55.4 Å². The lowest BCUT2D eigenvalue weighted by atomic mass is 9.85. The van der Waals surface area contributed by atoms with Crippen LogP contribution in [0, 0.1) is 11.3 Å². The number of likely N-dealkylation sites (tertiary alicyclic amines) is 1. The molecule has 15 nitrogen and oxygen atoms in total. The van der Waals surface area contributed by atoms with Crippen LogP contribution in [-0.2, 0) is 43.6 Å². The van der Waals surface area contributed by atoms with Gasteiger partial charge >= 0.3 is 20.0 Å². The van der Waals surface area contributed by atoms with Crippen LogP contribution >= 0.6 is 7.75 Å². The summed E-state index contributed by atoms with van der Waals surface area (Å²) in [4.78, 5) is 58.8. The first-order chi connectivity index (χ1) is 27.2. The molecule has 2 heterocycles. The molecular formula is C39H56F3N6O9P. The molecule has 0 radical (unpaired) electrons. The molecule has 4 aliphatic rings. The first kappa shape index (κ1) is 44.8. The van der Waals surface area contributed by atoms with Crippen molar-refractivity contribution in [2.75, 3.05) is 44.1 Å². The number of alkyl halides is 3. The Balaban J connectivity index is 1.41. The summed E-state index contributed by atoms with van der Waals surface area (Å²) in [6.07, 6.45) is 0.848. The fraction of sp³-hybridized carbons (Fsp3) is 0.641. The molecule has 0 spiro atoms. The number of benzene rings is 1. The van der Waals surface area contributed by atoms with E-state index in [0.29, 0.717) is 31.6 Å². The molecule has 4 N–H and O–H groups in total. The Morgan fingerprint density at radius 3 is 2.21 bits per heavy atom. The van der Waals surface area contributed by atoms with Crippen molar-refractivity contribution in [3.8, 4) is 0 Å². The number of amides is 4. The van der Waals surface area contributed by atoms with E-state index >= 15 is 0 Å². The van der Waals surface area contributed by atoms with Gasteiger partial charge in [0.05, 0.1) is 23.5 Å². The topological polar surface area (TPSA) is 177 Å². The summed E-state index contributed by atoms with van der Waals surface area (Å²) < 4.78 is 75.9. The van der Waals surface area contributed by atoms with Gasteiger partial charge in [0.15, 0.2) is 5.88 Å². The molecule has 2 saturated carbocycles. The fourth-order valence-electron chi connectivity index (χ4n) is 7.83. The van der Waals surface area contributed by atoms with E-state index in [1.54, 1.807) is 20.8 Å². The zero-order valence-electron chi connectivity index (χ0n) is 33.7. The highest BCUT2D eigenvalue weighted by Gasteiger charge is 2.62. The van der Waals surface area contributed by atoms with Gasteiger partial charge in [0.2, 0.25) is 11.8 Å². The molecule has 4 amide bonds. The molecule has 0 aromatic heterocycles. The average molecular weight is 841 g/mol. The highest BCUT2D eigenvalue weighted by molar-refractivity contribution is 7.52. The van der Waals surface area contributed by atoms with Gasteiger partial charge in [0.25, 0.3) is 5.91 Å². The highest BCUT2D eigenvalue weighted by atomic mass is 31.2. The monoisotopic (exact) mass is 840 g/mol. The predicted octanol–water partition coefficient (Wildman–Crippen LogP) is 6.23. The Morgan fingerprint density at radius 1 is 0.983 bits per heavy atom. The van der Waals surface area contributed by atoms with E-state index in [0.717, 1.165) is 58.5 Å². The van der Waals surface area contributed by atoms with E-state index in [2.05, 4.69) is 34.2 Å². The summed E-state index contributed by atoms with van der Waals surface area (Å²) in [6, 6.07) is 0.982. The van der Waals surface area contributed by atoms with Gasteiger partial charge in [-0.25, -0.2) is 9.36 Å². The number of alkyl carbamates (subject to hydrolysis) is 1. The lowest BCUT2D eigenvalue weighted by molar-refractivity contribution is -0.143. The summed E-state index contributed by atoms with van der Waals surface area (Å²) in [5.41, 5.74) is -2.68. The quantitative estimate of drug-likeness (QED) is 0.0896. The van der Waals surface area contributed by atoms with E-state index in [1.165, 1.54) is 17.0 Å². The standard InChI is InChI=1S/C39H56F3N6O9P/c1-8-25-22-38(25,35(51)46-58(53,54-6)55-7)45-33(49)31-21-28(23-48(31)34(50)32(37(3,4)5)44-36(52)57-27-14-10-11-15-27)56-24(2)43-29-20-26(39(40,41)42)16-17-30(29)47-18-12-9-13-19-47/h8,16-17,20,25,27-28,31-32,43H,1-2,9-15,18-19,21-23H2,3-7H3,(H,44,52)(H,45,49)(H,46,51,53)/t25-,28-,31+,32-,38-/m1/s1. The molecule has 1 aromatic carbocycles. The molecule has 5 atom stereocenters. The van der Waals surface area contributed by atoms with Crippen LogP contribution in [0.25, 0.3) is 0 Å². The molecule has 322 valence electrons. The first-order valence-corrected chi connectivity index (χ1v) is 21.1. The molecule has 1 aromatic rings. The Labute approximate surface area is 337 Å². The van der Waals surface area contributed by atoms with Crippen LogP contribution in [0.2, 0.25) is 0 Å². The second-order valence-corrected chi connectivity index (χ2v) is 18.3. The Hall–Kier alpha value is -4.28. The van der Waals surface area contributed by atoms with Crippen LogP contribution in [0.4, 0.5) is 29.3 Å². The lowest BCUT2D eigenvalue weighted by Gasteiger charge is -2.35. The van der Waals surface area contributed by atoms with Gasteiger partial charge in [0.1, 0.15) is 29.8 Å². The zero-order chi connectivity index (χ0) is 42.6. The van der Waals surface area contributed by atoms with Crippen molar-refractivity contribution in [3.63, 3.8) is 0 Å². The van der Waals surface area contributed by atoms with Crippen molar-refractivity contribution in [1.29, 1.82) is 0 Å². The van der Waals surface area contributed by atoms with Crippen LogP contribution in [0.3, 0.4) is 0 Å². The zero-order valence-corrected chi connectivity index (χ0v) is 34.6. The van der Waals surface area contributed by atoms with Gasteiger partial charge < -0.3 is 35.2 Å². The summed E-state index contributed by atoms with van der Waals surface area (Å²) in [5, 5.41) is 10.6. The third kappa shape index (κ3) is 10.5. The second kappa shape index (κ2) is 17.9. The Morgan fingerprint density at radius 2 is 1.64 bits per heavy atom. The van der Waals surface area contributed by atoms with Gasteiger partial charge in [-0.1, -0.05) is 26.8 Å². The predicted molar refractivity (Wildman–Crippen MR) is 209 cm³/mol. The van der Waals surface area contributed by atoms with Crippen LogP contribution < -0.4 is 25.9 Å².